The smallest absolute Gasteiger partial charge is 0.329 e. The number of ether oxygens (including phenoxy) is 1. The fraction of sp³-hybridized carbons (Fsp3) is 0.263. The van der Waals surface area contributed by atoms with Crippen molar-refractivity contribution in [2.45, 2.75) is 19.1 Å². The van der Waals surface area contributed by atoms with Gasteiger partial charge in [-0.15, -0.1) is 0 Å². The number of amides is 1. The van der Waals surface area contributed by atoms with Crippen LogP contribution in [0.25, 0.3) is 0 Å². The third-order valence-electron chi connectivity index (χ3n) is 3.65. The van der Waals surface area contributed by atoms with Crippen LogP contribution in [0.2, 0.25) is 5.02 Å². The minimum atomic E-state index is -0.728. The number of hydrogen-bond acceptors (Lipinski definition) is 4. The maximum absolute atomic E-state index is 12.5. The number of carbonyl (C=O) groups excluding carboxylic acids is 2. The lowest BCUT2D eigenvalue weighted by atomic mass is 10.1. The van der Waals surface area contributed by atoms with Crippen LogP contribution in [0.15, 0.2) is 53.0 Å². The Morgan fingerprint density at radius 1 is 1.19 bits per heavy atom. The van der Waals surface area contributed by atoms with E-state index in [4.69, 9.17) is 16.3 Å². The normalized spacial score (nSPS) is 11.7. The van der Waals surface area contributed by atoms with Crippen LogP contribution in [0.5, 0.6) is 0 Å². The van der Waals surface area contributed by atoms with Crippen molar-refractivity contribution >= 4 is 51.2 Å². The van der Waals surface area contributed by atoms with Crippen molar-refractivity contribution in [3.63, 3.8) is 0 Å². The van der Waals surface area contributed by atoms with Crippen molar-refractivity contribution in [3.8, 4) is 0 Å². The topological polar surface area (TPSA) is 55.4 Å². The molecule has 1 amide bonds. The number of carbonyl (C=O) groups is 2. The number of hydrogen-bond donors (Lipinski definition) is 1. The van der Waals surface area contributed by atoms with Crippen molar-refractivity contribution in [1.29, 1.82) is 0 Å². The molecule has 0 bridgehead atoms. The summed E-state index contributed by atoms with van der Waals surface area (Å²) in [5.74, 6) is -0.132. The standard InChI is InChI=1S/C19H19BrClNO3S/c1-26-11-10-17(22-18(23)14-7-3-5-9-16(14)21)19(24)25-12-13-6-2-4-8-15(13)20/h2-9,17H,10-12H2,1H3,(H,22,23). The molecule has 0 aliphatic heterocycles. The molecule has 2 aromatic rings. The van der Waals surface area contributed by atoms with Gasteiger partial charge in [0.1, 0.15) is 12.6 Å². The minimum absolute atomic E-state index is 0.137. The van der Waals surface area contributed by atoms with Gasteiger partial charge in [0.15, 0.2) is 0 Å². The summed E-state index contributed by atoms with van der Waals surface area (Å²) in [7, 11) is 0. The maximum Gasteiger partial charge on any atom is 0.329 e. The first-order chi connectivity index (χ1) is 12.5. The minimum Gasteiger partial charge on any atom is -0.459 e. The van der Waals surface area contributed by atoms with E-state index in [9.17, 15) is 9.59 Å². The highest BCUT2D eigenvalue weighted by Gasteiger charge is 2.23. The van der Waals surface area contributed by atoms with E-state index < -0.39 is 12.0 Å². The molecule has 138 valence electrons. The molecule has 7 heteroatoms. The monoisotopic (exact) mass is 455 g/mol. The lowest BCUT2D eigenvalue weighted by Crippen LogP contribution is -2.42. The highest BCUT2D eigenvalue weighted by molar-refractivity contribution is 9.10. The summed E-state index contributed by atoms with van der Waals surface area (Å²) in [5.41, 5.74) is 1.20. The van der Waals surface area contributed by atoms with Gasteiger partial charge in [-0.25, -0.2) is 4.79 Å². The van der Waals surface area contributed by atoms with Gasteiger partial charge in [0.2, 0.25) is 0 Å². The number of halogens is 2. The molecule has 0 aromatic heterocycles. The van der Waals surface area contributed by atoms with Crippen molar-refractivity contribution in [3.05, 3.63) is 69.2 Å². The van der Waals surface area contributed by atoms with Crippen LogP contribution >= 0.6 is 39.3 Å². The molecule has 0 fully saturated rings. The van der Waals surface area contributed by atoms with Gasteiger partial charge in [-0.3, -0.25) is 4.79 Å². The fourth-order valence-corrected chi connectivity index (χ4v) is 3.32. The van der Waals surface area contributed by atoms with Crippen LogP contribution in [0, 0.1) is 0 Å². The SMILES string of the molecule is CSCCC(NC(=O)c1ccccc1Cl)C(=O)OCc1ccccc1Br. The maximum atomic E-state index is 12.5. The molecule has 2 rings (SSSR count). The first kappa shape index (κ1) is 20.8. The lowest BCUT2D eigenvalue weighted by molar-refractivity contribution is -0.147. The summed E-state index contributed by atoms with van der Waals surface area (Å²) in [5, 5.41) is 3.08. The average Bonchev–Trinajstić information content (AvgIpc) is 2.64. The van der Waals surface area contributed by atoms with Crippen LogP contribution in [-0.2, 0) is 16.1 Å². The van der Waals surface area contributed by atoms with Crippen LogP contribution in [0.1, 0.15) is 22.3 Å². The van der Waals surface area contributed by atoms with Gasteiger partial charge < -0.3 is 10.1 Å². The number of esters is 1. The summed E-state index contributed by atoms with van der Waals surface area (Å²) in [6.45, 7) is 0.137. The average molecular weight is 457 g/mol. The van der Waals surface area contributed by atoms with Gasteiger partial charge in [0, 0.05) is 10.0 Å². The van der Waals surface area contributed by atoms with E-state index in [1.807, 2.05) is 30.5 Å². The van der Waals surface area contributed by atoms with Crippen LogP contribution in [0.3, 0.4) is 0 Å². The van der Waals surface area contributed by atoms with E-state index in [1.165, 1.54) is 0 Å². The Bertz CT molecular complexity index is 772. The molecule has 2 aromatic carbocycles. The lowest BCUT2D eigenvalue weighted by Gasteiger charge is -2.18. The Balaban J connectivity index is 2.03. The van der Waals surface area contributed by atoms with Crippen LogP contribution in [0.4, 0.5) is 0 Å². The summed E-state index contributed by atoms with van der Waals surface area (Å²) < 4.78 is 6.28. The second-order valence-electron chi connectivity index (χ2n) is 5.49. The molecular formula is C19H19BrClNO3S. The molecule has 0 spiro atoms. The first-order valence-corrected chi connectivity index (χ1v) is 10.5. The summed E-state index contributed by atoms with van der Waals surface area (Å²) in [4.78, 5) is 24.9. The Morgan fingerprint density at radius 2 is 1.88 bits per heavy atom. The molecule has 1 atom stereocenters. The largest absolute Gasteiger partial charge is 0.459 e. The number of nitrogens with one attached hydrogen (secondary N) is 1. The third-order valence-corrected chi connectivity index (χ3v) is 5.39. The number of thioether (sulfide) groups is 1. The molecule has 4 nitrogen and oxygen atoms in total. The Hall–Kier alpha value is -1.50. The van der Waals surface area contributed by atoms with E-state index in [1.54, 1.807) is 36.0 Å². The third kappa shape index (κ3) is 6.04. The van der Waals surface area contributed by atoms with Crippen molar-refractivity contribution in [2.75, 3.05) is 12.0 Å². The molecular weight excluding hydrogens is 438 g/mol. The summed E-state index contributed by atoms with van der Waals surface area (Å²) in [6.07, 6.45) is 2.42. The summed E-state index contributed by atoms with van der Waals surface area (Å²) >= 11 is 11.1. The molecule has 0 radical (unpaired) electrons. The zero-order valence-corrected chi connectivity index (χ0v) is 17.4. The van der Waals surface area contributed by atoms with E-state index in [2.05, 4.69) is 21.2 Å². The Morgan fingerprint density at radius 3 is 2.58 bits per heavy atom. The van der Waals surface area contributed by atoms with Gasteiger partial charge in [0.05, 0.1) is 10.6 Å². The summed E-state index contributed by atoms with van der Waals surface area (Å²) in [6, 6.07) is 13.5. The predicted octanol–water partition coefficient (Wildman–Crippen LogP) is 4.70. The number of rotatable bonds is 8. The Kier molecular flexibility index (Phi) is 8.48. The molecule has 0 saturated heterocycles. The molecule has 0 heterocycles. The van der Waals surface area contributed by atoms with Crippen molar-refractivity contribution < 1.29 is 14.3 Å². The molecule has 26 heavy (non-hydrogen) atoms. The second-order valence-corrected chi connectivity index (χ2v) is 7.73. The van der Waals surface area contributed by atoms with Gasteiger partial charge in [-0.2, -0.15) is 11.8 Å². The molecule has 1 unspecified atom stereocenters. The molecule has 0 aliphatic rings. The predicted molar refractivity (Wildman–Crippen MR) is 110 cm³/mol. The fourth-order valence-electron chi connectivity index (χ4n) is 2.23. The second kappa shape index (κ2) is 10.6. The van der Waals surface area contributed by atoms with Crippen LogP contribution < -0.4 is 5.32 Å². The van der Waals surface area contributed by atoms with Gasteiger partial charge in [-0.05, 0) is 36.6 Å². The van der Waals surface area contributed by atoms with E-state index >= 15 is 0 Å². The number of benzene rings is 2. The highest BCUT2D eigenvalue weighted by Crippen LogP contribution is 2.18. The molecule has 1 N–H and O–H groups in total. The van der Waals surface area contributed by atoms with E-state index in [0.717, 1.165) is 15.8 Å². The van der Waals surface area contributed by atoms with Crippen molar-refractivity contribution in [2.24, 2.45) is 0 Å². The van der Waals surface area contributed by atoms with Gasteiger partial charge in [0.25, 0.3) is 5.91 Å². The quantitative estimate of drug-likeness (QED) is 0.585. The zero-order chi connectivity index (χ0) is 18.9. The first-order valence-electron chi connectivity index (χ1n) is 7.97. The van der Waals surface area contributed by atoms with E-state index in [0.29, 0.717) is 17.0 Å². The Labute approximate surface area is 170 Å². The van der Waals surface area contributed by atoms with Gasteiger partial charge in [-0.1, -0.05) is 57.9 Å². The zero-order valence-electron chi connectivity index (χ0n) is 14.2. The molecule has 0 saturated carbocycles. The molecule has 0 aliphatic carbocycles. The van der Waals surface area contributed by atoms with Gasteiger partial charge >= 0.3 is 5.97 Å². The highest BCUT2D eigenvalue weighted by atomic mass is 79.9. The van der Waals surface area contributed by atoms with Crippen LogP contribution in [-0.4, -0.2) is 29.9 Å². The van der Waals surface area contributed by atoms with E-state index in [-0.39, 0.29) is 12.5 Å². The van der Waals surface area contributed by atoms with Crippen molar-refractivity contribution in [1.82, 2.24) is 5.32 Å².